The predicted molar refractivity (Wildman–Crippen MR) is 84.1 cm³/mol. The zero-order valence-corrected chi connectivity index (χ0v) is 13.5. The molecule has 2 saturated heterocycles. The van der Waals surface area contributed by atoms with Crippen LogP contribution in [0.1, 0.15) is 33.1 Å². The summed E-state index contributed by atoms with van der Waals surface area (Å²) in [4.78, 5) is 5.34. The molecular formula is C15H30N2OS. The van der Waals surface area contributed by atoms with Gasteiger partial charge in [0.1, 0.15) is 0 Å². The van der Waals surface area contributed by atoms with Crippen molar-refractivity contribution >= 4 is 11.8 Å². The molecule has 1 atom stereocenters. The van der Waals surface area contributed by atoms with Crippen molar-refractivity contribution in [3.63, 3.8) is 0 Å². The van der Waals surface area contributed by atoms with Crippen LogP contribution in [-0.4, -0.2) is 72.8 Å². The molecule has 0 bridgehead atoms. The van der Waals surface area contributed by atoms with Gasteiger partial charge >= 0.3 is 0 Å². The molecule has 0 aromatic heterocycles. The maximum absolute atomic E-state index is 5.45. The van der Waals surface area contributed by atoms with E-state index in [4.69, 9.17) is 4.74 Å². The van der Waals surface area contributed by atoms with E-state index < -0.39 is 0 Å². The van der Waals surface area contributed by atoms with E-state index in [0.29, 0.717) is 0 Å². The van der Waals surface area contributed by atoms with E-state index in [2.05, 4.69) is 35.4 Å². The lowest BCUT2D eigenvalue weighted by Gasteiger charge is -2.39. The Morgan fingerprint density at radius 3 is 2.68 bits per heavy atom. The van der Waals surface area contributed by atoms with Crippen molar-refractivity contribution in [2.45, 2.75) is 44.4 Å². The molecule has 2 heterocycles. The van der Waals surface area contributed by atoms with Gasteiger partial charge in [-0.15, -0.1) is 0 Å². The molecule has 0 amide bonds. The summed E-state index contributed by atoms with van der Waals surface area (Å²) >= 11 is 2.10. The normalized spacial score (nSPS) is 27.0. The fraction of sp³-hybridized carbons (Fsp3) is 1.00. The van der Waals surface area contributed by atoms with Gasteiger partial charge in [-0.3, -0.25) is 9.80 Å². The summed E-state index contributed by atoms with van der Waals surface area (Å²) in [6.07, 6.45) is 4.21. The van der Waals surface area contributed by atoms with Crippen molar-refractivity contribution in [3.8, 4) is 0 Å². The van der Waals surface area contributed by atoms with Crippen molar-refractivity contribution in [2.75, 3.05) is 51.7 Å². The van der Waals surface area contributed by atoms with Crippen LogP contribution in [0.25, 0.3) is 0 Å². The van der Waals surface area contributed by atoms with Crippen LogP contribution in [0.2, 0.25) is 0 Å². The minimum Gasteiger partial charge on any atom is -0.379 e. The first-order valence-corrected chi connectivity index (χ1v) is 8.96. The summed E-state index contributed by atoms with van der Waals surface area (Å²) in [6.45, 7) is 12.6. The summed E-state index contributed by atoms with van der Waals surface area (Å²) in [6, 6.07) is 0.791. The minimum absolute atomic E-state index is 0.766. The summed E-state index contributed by atoms with van der Waals surface area (Å²) in [5, 5.41) is 0.766. The maximum atomic E-state index is 5.45. The van der Waals surface area contributed by atoms with E-state index in [1.54, 1.807) is 0 Å². The van der Waals surface area contributed by atoms with Gasteiger partial charge in [0.25, 0.3) is 0 Å². The van der Waals surface area contributed by atoms with Gasteiger partial charge in [0, 0.05) is 38.0 Å². The third-order valence-corrected chi connectivity index (χ3v) is 5.24. The van der Waals surface area contributed by atoms with E-state index >= 15 is 0 Å². The van der Waals surface area contributed by atoms with Crippen molar-refractivity contribution < 1.29 is 4.74 Å². The zero-order chi connectivity index (χ0) is 13.5. The van der Waals surface area contributed by atoms with Crippen LogP contribution in [0.15, 0.2) is 0 Å². The van der Waals surface area contributed by atoms with Crippen LogP contribution in [0, 0.1) is 0 Å². The minimum atomic E-state index is 0.766. The molecule has 0 saturated carbocycles. The second kappa shape index (κ2) is 8.50. The van der Waals surface area contributed by atoms with Gasteiger partial charge in [-0.05, 0) is 24.6 Å². The van der Waals surface area contributed by atoms with E-state index in [0.717, 1.165) is 37.6 Å². The molecule has 0 aliphatic carbocycles. The van der Waals surface area contributed by atoms with Crippen LogP contribution >= 0.6 is 11.8 Å². The first-order chi connectivity index (χ1) is 9.25. The molecule has 2 rings (SSSR count). The smallest absolute Gasteiger partial charge is 0.0594 e. The quantitative estimate of drug-likeness (QED) is 0.744. The van der Waals surface area contributed by atoms with Gasteiger partial charge in [0.05, 0.1) is 13.2 Å². The average molecular weight is 286 g/mol. The molecule has 0 N–H and O–H groups in total. The Hall–Kier alpha value is 0.230. The molecule has 3 nitrogen and oxygen atoms in total. The SMILES string of the molecule is CC(C)SCCN1CCCCC1CN1CCOCC1. The molecule has 112 valence electrons. The monoisotopic (exact) mass is 286 g/mol. The third kappa shape index (κ3) is 5.62. The fourth-order valence-corrected chi connectivity index (χ4v) is 3.86. The van der Waals surface area contributed by atoms with Crippen molar-refractivity contribution in [1.82, 2.24) is 9.80 Å². The van der Waals surface area contributed by atoms with Crippen molar-refractivity contribution in [3.05, 3.63) is 0 Å². The summed E-state index contributed by atoms with van der Waals surface area (Å²) in [5.41, 5.74) is 0. The first-order valence-electron chi connectivity index (χ1n) is 7.91. The van der Waals surface area contributed by atoms with Crippen LogP contribution < -0.4 is 0 Å². The number of ether oxygens (including phenoxy) is 1. The second-order valence-electron chi connectivity index (χ2n) is 6.02. The number of morpholine rings is 1. The Labute approximate surface area is 123 Å². The fourth-order valence-electron chi connectivity index (χ4n) is 3.05. The van der Waals surface area contributed by atoms with Gasteiger partial charge in [-0.2, -0.15) is 11.8 Å². The number of likely N-dealkylation sites (tertiary alicyclic amines) is 1. The maximum Gasteiger partial charge on any atom is 0.0594 e. The lowest BCUT2D eigenvalue weighted by atomic mass is 10.0. The van der Waals surface area contributed by atoms with Crippen molar-refractivity contribution in [1.29, 1.82) is 0 Å². The lowest BCUT2D eigenvalue weighted by Crippen LogP contribution is -2.49. The first kappa shape index (κ1) is 15.6. The molecule has 0 aromatic rings. The van der Waals surface area contributed by atoms with E-state index in [-0.39, 0.29) is 0 Å². The van der Waals surface area contributed by atoms with Crippen LogP contribution in [0.4, 0.5) is 0 Å². The van der Waals surface area contributed by atoms with Gasteiger partial charge < -0.3 is 4.74 Å². The summed E-state index contributed by atoms with van der Waals surface area (Å²) in [7, 11) is 0. The average Bonchev–Trinajstić information content (AvgIpc) is 2.41. The lowest BCUT2D eigenvalue weighted by molar-refractivity contribution is 0.0177. The molecule has 0 aromatic carbocycles. The molecule has 0 spiro atoms. The number of rotatable bonds is 6. The molecule has 2 aliphatic rings. The predicted octanol–water partition coefficient (Wildman–Crippen LogP) is 2.31. The van der Waals surface area contributed by atoms with Crippen LogP contribution in [0.3, 0.4) is 0 Å². The molecule has 19 heavy (non-hydrogen) atoms. The number of piperidine rings is 1. The molecule has 2 fully saturated rings. The number of thioether (sulfide) groups is 1. The molecule has 2 aliphatic heterocycles. The molecule has 4 heteroatoms. The Morgan fingerprint density at radius 1 is 1.16 bits per heavy atom. The highest BCUT2D eigenvalue weighted by atomic mass is 32.2. The van der Waals surface area contributed by atoms with Crippen LogP contribution in [-0.2, 0) is 4.74 Å². The summed E-state index contributed by atoms with van der Waals surface area (Å²) < 4.78 is 5.45. The topological polar surface area (TPSA) is 15.7 Å². The van der Waals surface area contributed by atoms with E-state index in [1.165, 1.54) is 44.6 Å². The van der Waals surface area contributed by atoms with Gasteiger partial charge in [-0.25, -0.2) is 0 Å². The largest absolute Gasteiger partial charge is 0.379 e. The number of hydrogen-bond donors (Lipinski definition) is 0. The zero-order valence-electron chi connectivity index (χ0n) is 12.6. The Morgan fingerprint density at radius 2 is 1.95 bits per heavy atom. The highest BCUT2D eigenvalue weighted by Gasteiger charge is 2.24. The Balaban J connectivity index is 1.74. The highest BCUT2D eigenvalue weighted by molar-refractivity contribution is 7.99. The standard InChI is InChI=1S/C15H30N2OS/c1-14(2)19-12-9-17-6-4-3-5-15(17)13-16-7-10-18-11-8-16/h14-15H,3-13H2,1-2H3. The molecule has 1 unspecified atom stereocenters. The van der Waals surface area contributed by atoms with Gasteiger partial charge in [-0.1, -0.05) is 20.3 Å². The Kier molecular flexibility index (Phi) is 6.99. The van der Waals surface area contributed by atoms with E-state index in [9.17, 15) is 0 Å². The molecular weight excluding hydrogens is 256 g/mol. The number of hydrogen-bond acceptors (Lipinski definition) is 4. The van der Waals surface area contributed by atoms with Gasteiger partial charge in [0.15, 0.2) is 0 Å². The number of nitrogens with zero attached hydrogens (tertiary/aromatic N) is 2. The van der Waals surface area contributed by atoms with Crippen LogP contribution in [0.5, 0.6) is 0 Å². The summed E-state index contributed by atoms with van der Waals surface area (Å²) in [5.74, 6) is 1.29. The molecule has 0 radical (unpaired) electrons. The van der Waals surface area contributed by atoms with Gasteiger partial charge in [0.2, 0.25) is 0 Å². The highest BCUT2D eigenvalue weighted by Crippen LogP contribution is 2.20. The Bertz CT molecular complexity index is 244. The van der Waals surface area contributed by atoms with E-state index in [1.807, 2.05) is 0 Å². The third-order valence-electron chi connectivity index (χ3n) is 4.15. The second-order valence-corrected chi connectivity index (χ2v) is 7.70. The van der Waals surface area contributed by atoms with Crippen molar-refractivity contribution in [2.24, 2.45) is 0 Å².